The van der Waals surface area contributed by atoms with Crippen LogP contribution < -0.4 is 0 Å². The van der Waals surface area contributed by atoms with E-state index >= 15 is 0 Å². The molecule has 1 N–H and O–H groups in total. The van der Waals surface area contributed by atoms with Crippen molar-refractivity contribution in [2.75, 3.05) is 13.1 Å². The molecule has 2 heterocycles. The van der Waals surface area contributed by atoms with Crippen LogP contribution in [0.2, 0.25) is 0 Å². The number of H-pyrrole nitrogens is 1. The van der Waals surface area contributed by atoms with Gasteiger partial charge in [0.15, 0.2) is 5.78 Å². The fourth-order valence-electron chi connectivity index (χ4n) is 1.80. The molecule has 1 aromatic heterocycles. The average Bonchev–Trinajstić information content (AvgIpc) is 2.90. The molecular formula is C10H14N2O3S. The standard InChI is InChI=1S/C10H14N2O3S/c1-8(13)10-6-9(7-11-10)16(14,15)12-4-2-3-5-12/h6-7,11H,2-5H2,1H3. The minimum Gasteiger partial charge on any atom is -0.357 e. The van der Waals surface area contributed by atoms with Crippen molar-refractivity contribution in [2.24, 2.45) is 0 Å². The van der Waals surface area contributed by atoms with Crippen molar-refractivity contribution in [1.82, 2.24) is 9.29 Å². The number of ketones is 1. The zero-order valence-electron chi connectivity index (χ0n) is 9.06. The van der Waals surface area contributed by atoms with E-state index in [0.29, 0.717) is 18.8 Å². The van der Waals surface area contributed by atoms with Crippen molar-refractivity contribution in [3.8, 4) is 0 Å². The van der Waals surface area contributed by atoms with Crippen molar-refractivity contribution >= 4 is 15.8 Å². The van der Waals surface area contributed by atoms with E-state index in [0.717, 1.165) is 12.8 Å². The Labute approximate surface area is 94.5 Å². The summed E-state index contributed by atoms with van der Waals surface area (Å²) < 4.78 is 25.6. The maximum Gasteiger partial charge on any atom is 0.244 e. The first-order valence-electron chi connectivity index (χ1n) is 5.21. The molecule has 1 fully saturated rings. The Morgan fingerprint density at radius 3 is 2.50 bits per heavy atom. The van der Waals surface area contributed by atoms with Crippen LogP contribution in [-0.4, -0.2) is 36.6 Å². The highest BCUT2D eigenvalue weighted by atomic mass is 32.2. The van der Waals surface area contributed by atoms with Crippen LogP contribution in [0.1, 0.15) is 30.3 Å². The van der Waals surface area contributed by atoms with Gasteiger partial charge in [0.1, 0.15) is 4.90 Å². The van der Waals surface area contributed by atoms with Crippen molar-refractivity contribution in [3.05, 3.63) is 18.0 Å². The van der Waals surface area contributed by atoms with Crippen molar-refractivity contribution in [3.63, 3.8) is 0 Å². The number of carbonyl (C=O) groups is 1. The van der Waals surface area contributed by atoms with Crippen molar-refractivity contribution in [2.45, 2.75) is 24.7 Å². The van der Waals surface area contributed by atoms with Crippen molar-refractivity contribution < 1.29 is 13.2 Å². The van der Waals surface area contributed by atoms with Gasteiger partial charge in [-0.2, -0.15) is 4.31 Å². The molecule has 0 spiro atoms. The highest BCUT2D eigenvalue weighted by molar-refractivity contribution is 7.89. The molecule has 6 heteroatoms. The minimum atomic E-state index is -3.40. The number of sulfonamides is 1. The number of hydrogen-bond donors (Lipinski definition) is 1. The highest BCUT2D eigenvalue weighted by Gasteiger charge is 2.28. The molecule has 0 aliphatic carbocycles. The molecule has 1 saturated heterocycles. The molecule has 0 saturated carbocycles. The molecule has 0 aromatic carbocycles. The Balaban J connectivity index is 2.31. The molecule has 88 valence electrons. The van der Waals surface area contributed by atoms with Gasteiger partial charge in [-0.1, -0.05) is 0 Å². The Morgan fingerprint density at radius 2 is 2.00 bits per heavy atom. The summed E-state index contributed by atoms with van der Waals surface area (Å²) in [5, 5.41) is 0. The Bertz CT molecular complexity index is 498. The average molecular weight is 242 g/mol. The lowest BCUT2D eigenvalue weighted by atomic mass is 10.3. The molecular weight excluding hydrogens is 228 g/mol. The summed E-state index contributed by atoms with van der Waals surface area (Å²) in [7, 11) is -3.40. The monoisotopic (exact) mass is 242 g/mol. The maximum absolute atomic E-state index is 12.1. The van der Waals surface area contributed by atoms with Gasteiger partial charge in [-0.15, -0.1) is 0 Å². The summed E-state index contributed by atoms with van der Waals surface area (Å²) in [5.74, 6) is -0.164. The number of aromatic amines is 1. The topological polar surface area (TPSA) is 70.2 Å². The van der Waals surface area contributed by atoms with Gasteiger partial charge in [0.25, 0.3) is 0 Å². The number of carbonyl (C=O) groups excluding carboxylic acids is 1. The van der Waals surface area contributed by atoms with E-state index in [1.54, 1.807) is 0 Å². The van der Waals surface area contributed by atoms with E-state index in [1.807, 2.05) is 0 Å². The van der Waals surface area contributed by atoms with Crippen LogP contribution in [0.5, 0.6) is 0 Å². The highest BCUT2D eigenvalue weighted by Crippen LogP contribution is 2.21. The maximum atomic E-state index is 12.1. The Morgan fingerprint density at radius 1 is 1.38 bits per heavy atom. The first kappa shape index (κ1) is 11.3. The van der Waals surface area contributed by atoms with Gasteiger partial charge in [0.05, 0.1) is 5.69 Å². The van der Waals surface area contributed by atoms with Crippen LogP contribution in [0.15, 0.2) is 17.2 Å². The number of nitrogens with one attached hydrogen (secondary N) is 1. The van der Waals surface area contributed by atoms with E-state index in [9.17, 15) is 13.2 Å². The van der Waals surface area contributed by atoms with Gasteiger partial charge in [-0.05, 0) is 18.9 Å². The first-order valence-corrected chi connectivity index (χ1v) is 6.65. The summed E-state index contributed by atoms with van der Waals surface area (Å²) in [4.78, 5) is 13.9. The summed E-state index contributed by atoms with van der Waals surface area (Å²) in [6, 6.07) is 1.40. The van der Waals surface area contributed by atoms with Gasteiger partial charge in [-0.3, -0.25) is 4.79 Å². The number of nitrogens with zero attached hydrogens (tertiary/aromatic N) is 1. The largest absolute Gasteiger partial charge is 0.357 e. The number of hydrogen-bond acceptors (Lipinski definition) is 3. The van der Waals surface area contributed by atoms with E-state index in [2.05, 4.69) is 4.98 Å². The smallest absolute Gasteiger partial charge is 0.244 e. The SMILES string of the molecule is CC(=O)c1cc(S(=O)(=O)N2CCCC2)c[nH]1. The number of rotatable bonds is 3. The summed E-state index contributed by atoms with van der Waals surface area (Å²) in [5.41, 5.74) is 0.331. The van der Waals surface area contributed by atoms with E-state index in [4.69, 9.17) is 0 Å². The van der Waals surface area contributed by atoms with Crippen LogP contribution in [0.4, 0.5) is 0 Å². The fourth-order valence-corrected chi connectivity index (χ4v) is 3.32. The van der Waals surface area contributed by atoms with Crippen LogP contribution in [0.25, 0.3) is 0 Å². The molecule has 2 rings (SSSR count). The van der Waals surface area contributed by atoms with E-state index in [-0.39, 0.29) is 10.7 Å². The predicted molar refractivity (Wildman–Crippen MR) is 58.8 cm³/mol. The third-order valence-corrected chi connectivity index (χ3v) is 4.62. The summed E-state index contributed by atoms with van der Waals surface area (Å²) in [6.07, 6.45) is 3.19. The molecule has 1 aliphatic rings. The second-order valence-electron chi connectivity index (χ2n) is 3.92. The zero-order chi connectivity index (χ0) is 11.8. The van der Waals surface area contributed by atoms with Gasteiger partial charge >= 0.3 is 0 Å². The molecule has 16 heavy (non-hydrogen) atoms. The number of Topliss-reactive ketones (excluding diaryl/α,β-unsaturated/α-hetero) is 1. The van der Waals surface area contributed by atoms with E-state index < -0.39 is 10.0 Å². The lowest BCUT2D eigenvalue weighted by molar-refractivity contribution is 0.101. The summed E-state index contributed by atoms with van der Waals surface area (Å²) >= 11 is 0. The molecule has 0 amide bonds. The van der Waals surface area contributed by atoms with Gasteiger partial charge in [-0.25, -0.2) is 8.42 Å². The second-order valence-corrected chi connectivity index (χ2v) is 5.85. The van der Waals surface area contributed by atoms with Gasteiger partial charge in [0.2, 0.25) is 10.0 Å². The molecule has 5 nitrogen and oxygen atoms in total. The predicted octanol–water partition coefficient (Wildman–Crippen LogP) is 1.00. The van der Waals surface area contributed by atoms with E-state index in [1.165, 1.54) is 23.5 Å². The Hall–Kier alpha value is -1.14. The quantitative estimate of drug-likeness (QED) is 0.804. The third-order valence-electron chi connectivity index (χ3n) is 2.74. The zero-order valence-corrected chi connectivity index (χ0v) is 9.88. The van der Waals surface area contributed by atoms with Crippen LogP contribution >= 0.6 is 0 Å². The molecule has 0 radical (unpaired) electrons. The number of aromatic nitrogens is 1. The molecule has 0 unspecified atom stereocenters. The van der Waals surface area contributed by atoms with Crippen LogP contribution in [-0.2, 0) is 10.0 Å². The molecule has 1 aromatic rings. The molecule has 0 atom stereocenters. The third kappa shape index (κ3) is 1.90. The normalized spacial score (nSPS) is 17.8. The lowest BCUT2D eigenvalue weighted by Gasteiger charge is -2.13. The Kier molecular flexibility index (Phi) is 2.86. The molecule has 1 aliphatic heterocycles. The van der Waals surface area contributed by atoms with Crippen LogP contribution in [0, 0.1) is 0 Å². The lowest BCUT2D eigenvalue weighted by Crippen LogP contribution is -2.27. The molecule has 0 bridgehead atoms. The summed E-state index contributed by atoms with van der Waals surface area (Å²) in [6.45, 7) is 2.55. The minimum absolute atomic E-state index is 0.164. The second kappa shape index (κ2) is 4.03. The van der Waals surface area contributed by atoms with Crippen LogP contribution in [0.3, 0.4) is 0 Å². The fraction of sp³-hybridized carbons (Fsp3) is 0.500. The van der Waals surface area contributed by atoms with Gasteiger partial charge in [0, 0.05) is 26.2 Å². The van der Waals surface area contributed by atoms with Crippen molar-refractivity contribution in [1.29, 1.82) is 0 Å². The first-order chi connectivity index (χ1) is 7.51. The van der Waals surface area contributed by atoms with Gasteiger partial charge < -0.3 is 4.98 Å².